The van der Waals surface area contributed by atoms with E-state index in [1.54, 1.807) is 19.3 Å². The molecule has 1 amide bonds. The van der Waals surface area contributed by atoms with E-state index >= 15 is 0 Å². The number of alkyl carbamates (subject to hydrolysis) is 1. The first-order valence-corrected chi connectivity index (χ1v) is 12.7. The maximum Gasteiger partial charge on any atom is 0.411 e. The number of amides is 1. The van der Waals surface area contributed by atoms with Crippen LogP contribution in [-0.4, -0.2) is 49.9 Å². The van der Waals surface area contributed by atoms with Gasteiger partial charge in [0.1, 0.15) is 24.2 Å². The summed E-state index contributed by atoms with van der Waals surface area (Å²) in [6.45, 7) is 4.76. The number of aromatic hydroxyl groups is 1. The third kappa shape index (κ3) is 10.3. The maximum absolute atomic E-state index is 13.1. The van der Waals surface area contributed by atoms with Crippen molar-refractivity contribution < 1.29 is 33.6 Å². The summed E-state index contributed by atoms with van der Waals surface area (Å²) < 4.78 is 22.1. The molecule has 0 aliphatic carbocycles. The molecule has 2 N–H and O–H groups in total. The minimum absolute atomic E-state index is 0.0770. The van der Waals surface area contributed by atoms with E-state index in [1.165, 1.54) is 12.3 Å². The number of hydrogen-bond donors (Lipinski definition) is 2. The highest BCUT2D eigenvalue weighted by molar-refractivity contribution is 5.94. The maximum atomic E-state index is 13.1. The minimum Gasteiger partial charge on any atom is -0.507 e. The molecule has 0 unspecified atom stereocenters. The molecule has 196 valence electrons. The van der Waals surface area contributed by atoms with Gasteiger partial charge in [0.2, 0.25) is 0 Å². The molecular weight excluding hydrogens is 450 g/mol. The molecule has 1 aliphatic heterocycles. The molecule has 1 heterocycles. The number of hydrogen-bond acceptors (Lipinski definition) is 7. The van der Waals surface area contributed by atoms with E-state index in [4.69, 9.17) is 18.9 Å². The number of unbranched alkanes of at least 4 members (excludes halogenated alkanes) is 2. The standard InChI is InChI=1S/C27H41NO7/c1-4-5-8-17-33-27(31)28-16-10-14-22-18-24(34-19-32-3)20(2)11-6-7-12-21-13-9-15-23(29)25(21)26(30)35-22/h9-10,13,15-16,20,22,24,29H,4-8,11-12,14,17-19H2,1-3H3,(H,28,31)/t20-,22-,24+/m0/s1. The number of rotatable bonds is 10. The van der Waals surface area contributed by atoms with Crippen molar-refractivity contribution in [3.63, 3.8) is 0 Å². The fourth-order valence-corrected chi connectivity index (χ4v) is 4.19. The molecule has 2 rings (SSSR count). The molecule has 0 fully saturated rings. The van der Waals surface area contributed by atoms with Crippen LogP contribution in [0.5, 0.6) is 5.75 Å². The number of aryl methyl sites for hydroxylation is 1. The van der Waals surface area contributed by atoms with Crippen LogP contribution in [-0.2, 0) is 25.4 Å². The van der Waals surface area contributed by atoms with Crippen molar-refractivity contribution >= 4 is 12.1 Å². The molecule has 0 radical (unpaired) electrons. The lowest BCUT2D eigenvalue weighted by Gasteiger charge is -2.29. The summed E-state index contributed by atoms with van der Waals surface area (Å²) in [5.41, 5.74) is 1.01. The number of esters is 1. The Morgan fingerprint density at radius 2 is 2.11 bits per heavy atom. The lowest BCUT2D eigenvalue weighted by Crippen LogP contribution is -2.31. The van der Waals surface area contributed by atoms with Crippen LogP contribution in [0.2, 0.25) is 0 Å². The highest BCUT2D eigenvalue weighted by atomic mass is 16.7. The Balaban J connectivity index is 2.12. The minimum atomic E-state index is -0.557. The van der Waals surface area contributed by atoms with Gasteiger partial charge in [-0.15, -0.1) is 0 Å². The second-order valence-electron chi connectivity index (χ2n) is 9.03. The van der Waals surface area contributed by atoms with Gasteiger partial charge in [0.05, 0.1) is 12.7 Å². The molecule has 0 spiro atoms. The highest BCUT2D eigenvalue weighted by Crippen LogP contribution is 2.28. The molecule has 1 aromatic carbocycles. The number of benzene rings is 1. The predicted octanol–water partition coefficient (Wildman–Crippen LogP) is 5.48. The van der Waals surface area contributed by atoms with Gasteiger partial charge < -0.3 is 24.1 Å². The summed E-state index contributed by atoms with van der Waals surface area (Å²) in [4.78, 5) is 24.9. The highest BCUT2D eigenvalue weighted by Gasteiger charge is 2.27. The van der Waals surface area contributed by atoms with Crippen LogP contribution in [0.1, 0.15) is 81.1 Å². The van der Waals surface area contributed by atoms with Gasteiger partial charge in [0, 0.05) is 26.2 Å². The van der Waals surface area contributed by atoms with Crippen molar-refractivity contribution in [2.75, 3.05) is 20.5 Å². The number of ether oxygens (including phenoxy) is 4. The summed E-state index contributed by atoms with van der Waals surface area (Å²) in [5.74, 6) is -0.389. The van der Waals surface area contributed by atoms with Crippen molar-refractivity contribution in [1.29, 1.82) is 0 Å². The first kappa shape index (κ1) is 28.7. The average Bonchev–Trinajstić information content (AvgIpc) is 2.83. The Morgan fingerprint density at radius 1 is 1.29 bits per heavy atom. The fourth-order valence-electron chi connectivity index (χ4n) is 4.19. The second kappa shape index (κ2) is 16.2. The summed E-state index contributed by atoms with van der Waals surface area (Å²) in [6, 6.07) is 5.11. The van der Waals surface area contributed by atoms with E-state index in [0.717, 1.165) is 44.1 Å². The second-order valence-corrected chi connectivity index (χ2v) is 9.03. The molecule has 0 saturated carbocycles. The molecule has 8 heteroatoms. The Labute approximate surface area is 209 Å². The number of carbonyl (C=O) groups is 2. The normalized spacial score (nSPS) is 21.5. The zero-order valence-electron chi connectivity index (χ0n) is 21.3. The summed E-state index contributed by atoms with van der Waals surface area (Å²) in [5, 5.41) is 13.0. The first-order valence-electron chi connectivity index (χ1n) is 12.7. The number of fused-ring (bicyclic) bond motifs is 1. The number of phenols is 1. The lowest BCUT2D eigenvalue weighted by molar-refractivity contribution is -0.104. The molecule has 0 saturated heterocycles. The molecule has 1 aromatic rings. The van der Waals surface area contributed by atoms with Crippen molar-refractivity contribution in [2.24, 2.45) is 5.92 Å². The van der Waals surface area contributed by atoms with Gasteiger partial charge in [-0.3, -0.25) is 5.32 Å². The largest absolute Gasteiger partial charge is 0.507 e. The number of cyclic esters (lactones) is 1. The molecule has 0 aromatic heterocycles. The third-order valence-corrected chi connectivity index (χ3v) is 6.19. The van der Waals surface area contributed by atoms with Crippen molar-refractivity contribution in [3.05, 3.63) is 41.6 Å². The Morgan fingerprint density at radius 3 is 2.89 bits per heavy atom. The fraction of sp³-hybridized carbons (Fsp3) is 0.630. The molecule has 0 bridgehead atoms. The molecular formula is C27H41NO7. The quantitative estimate of drug-likeness (QED) is 0.254. The van der Waals surface area contributed by atoms with E-state index in [0.29, 0.717) is 25.9 Å². The Kier molecular flexibility index (Phi) is 13.2. The lowest BCUT2D eigenvalue weighted by atomic mass is 9.91. The van der Waals surface area contributed by atoms with Gasteiger partial charge in [0.25, 0.3) is 0 Å². The van der Waals surface area contributed by atoms with Gasteiger partial charge >= 0.3 is 12.1 Å². The molecule has 1 aliphatic rings. The number of methoxy groups -OCH3 is 1. The summed E-state index contributed by atoms with van der Waals surface area (Å²) in [6.07, 6.45) is 9.31. The van der Waals surface area contributed by atoms with Gasteiger partial charge in [-0.2, -0.15) is 0 Å². The van der Waals surface area contributed by atoms with E-state index < -0.39 is 18.2 Å². The molecule has 3 atom stereocenters. The summed E-state index contributed by atoms with van der Waals surface area (Å²) in [7, 11) is 1.58. The van der Waals surface area contributed by atoms with Gasteiger partial charge in [-0.25, -0.2) is 9.59 Å². The van der Waals surface area contributed by atoms with E-state index in [1.807, 2.05) is 6.07 Å². The SMILES string of the molecule is CCCCCOC(=O)NC=CC[C@H]1C[C@@H](OCOC)[C@@H](C)CCCCc2cccc(O)c2C(=O)O1. The molecule has 35 heavy (non-hydrogen) atoms. The smallest absolute Gasteiger partial charge is 0.411 e. The monoisotopic (exact) mass is 491 g/mol. The summed E-state index contributed by atoms with van der Waals surface area (Å²) >= 11 is 0. The van der Waals surface area contributed by atoms with Crippen LogP contribution >= 0.6 is 0 Å². The van der Waals surface area contributed by atoms with Gasteiger partial charge in [-0.1, -0.05) is 51.3 Å². The average molecular weight is 492 g/mol. The zero-order valence-corrected chi connectivity index (χ0v) is 21.3. The van der Waals surface area contributed by atoms with Gasteiger partial charge in [0.15, 0.2) is 0 Å². The van der Waals surface area contributed by atoms with Crippen LogP contribution in [0, 0.1) is 5.92 Å². The van der Waals surface area contributed by atoms with E-state index in [2.05, 4.69) is 19.2 Å². The van der Waals surface area contributed by atoms with Crippen LogP contribution < -0.4 is 5.32 Å². The predicted molar refractivity (Wildman–Crippen MR) is 133 cm³/mol. The molecule has 8 nitrogen and oxygen atoms in total. The zero-order chi connectivity index (χ0) is 25.5. The van der Waals surface area contributed by atoms with Crippen molar-refractivity contribution in [3.8, 4) is 5.75 Å². The van der Waals surface area contributed by atoms with Crippen molar-refractivity contribution in [1.82, 2.24) is 5.32 Å². The topological polar surface area (TPSA) is 103 Å². The van der Waals surface area contributed by atoms with Crippen molar-refractivity contribution in [2.45, 2.75) is 83.8 Å². The Bertz CT molecular complexity index is 811. The number of phenolic OH excluding ortho intramolecular Hbond substituents is 1. The van der Waals surface area contributed by atoms with E-state index in [9.17, 15) is 14.7 Å². The number of nitrogens with one attached hydrogen (secondary N) is 1. The van der Waals surface area contributed by atoms with Crippen LogP contribution in [0.4, 0.5) is 4.79 Å². The Hall–Kier alpha value is -2.58. The third-order valence-electron chi connectivity index (χ3n) is 6.19. The van der Waals surface area contributed by atoms with E-state index in [-0.39, 0.29) is 30.1 Å². The van der Waals surface area contributed by atoms with Crippen LogP contribution in [0.3, 0.4) is 0 Å². The van der Waals surface area contributed by atoms with Crippen LogP contribution in [0.15, 0.2) is 30.5 Å². The van der Waals surface area contributed by atoms with Crippen LogP contribution in [0.25, 0.3) is 0 Å². The number of carbonyl (C=O) groups excluding carboxylic acids is 2. The first-order chi connectivity index (χ1) is 17.0. The van der Waals surface area contributed by atoms with Gasteiger partial charge in [-0.05, 0) is 43.2 Å².